The molecule has 0 amide bonds. The zero-order valence-corrected chi connectivity index (χ0v) is 15.5. The first-order chi connectivity index (χ1) is 13.6. The summed E-state index contributed by atoms with van der Waals surface area (Å²) in [5.41, 5.74) is 5.27. The highest BCUT2D eigenvalue weighted by Crippen LogP contribution is 2.25. The molecule has 0 unspecified atom stereocenters. The van der Waals surface area contributed by atoms with Gasteiger partial charge in [0.25, 0.3) is 0 Å². The summed E-state index contributed by atoms with van der Waals surface area (Å²) in [6, 6.07) is 11.2. The Bertz CT molecular complexity index is 1310. The van der Waals surface area contributed by atoms with E-state index in [0.29, 0.717) is 0 Å². The molecule has 10 heteroatoms. The number of benzene rings is 2. The van der Waals surface area contributed by atoms with Crippen molar-refractivity contribution >= 4 is 55.7 Å². The van der Waals surface area contributed by atoms with Crippen molar-refractivity contribution in [2.75, 3.05) is 10.6 Å². The minimum atomic E-state index is -0.375. The molecule has 0 saturated carbocycles. The maximum absolute atomic E-state index is 9.91. The van der Waals surface area contributed by atoms with Crippen LogP contribution in [0.15, 0.2) is 48.1 Å². The average molecular weight is 390 g/mol. The molecule has 0 radical (unpaired) electrons. The molecule has 0 spiro atoms. The zero-order valence-electron chi connectivity index (χ0n) is 14.7. The molecule has 0 aliphatic carbocycles. The highest BCUT2D eigenvalue weighted by molar-refractivity contribution is 7.16. The summed E-state index contributed by atoms with van der Waals surface area (Å²) in [5, 5.41) is 21.4. The Kier molecular flexibility index (Phi) is 3.76. The number of aryl methyl sites for hydroxylation is 1. The minimum Gasteiger partial charge on any atom is -0.479 e. The molecule has 3 N–H and O–H groups in total. The van der Waals surface area contributed by atoms with Crippen molar-refractivity contribution in [2.24, 2.45) is 7.05 Å². The van der Waals surface area contributed by atoms with Crippen LogP contribution >= 0.6 is 11.3 Å². The molecule has 0 aliphatic heterocycles. The van der Waals surface area contributed by atoms with E-state index in [2.05, 4.69) is 35.7 Å². The molecule has 5 aromatic rings. The first-order valence-electron chi connectivity index (χ1n) is 8.38. The second-order valence-electron chi connectivity index (χ2n) is 6.11. The van der Waals surface area contributed by atoms with Crippen LogP contribution in [0, 0.1) is 0 Å². The lowest BCUT2D eigenvalue weighted by molar-refractivity contribution is 0.430. The van der Waals surface area contributed by atoms with Gasteiger partial charge in [0, 0.05) is 23.8 Å². The average Bonchev–Trinajstić information content (AvgIpc) is 3.28. The number of hydrogen-bond acceptors (Lipinski definition) is 9. The highest BCUT2D eigenvalue weighted by atomic mass is 32.1. The topological polar surface area (TPSA) is 114 Å². The van der Waals surface area contributed by atoms with Crippen molar-refractivity contribution in [3.8, 4) is 6.01 Å². The van der Waals surface area contributed by atoms with E-state index in [-0.39, 0.29) is 17.9 Å². The number of nitrogens with zero attached hydrogens (tertiary/aromatic N) is 6. The van der Waals surface area contributed by atoms with Gasteiger partial charge in [-0.3, -0.25) is 4.68 Å². The van der Waals surface area contributed by atoms with Gasteiger partial charge in [-0.25, -0.2) is 4.98 Å². The maximum Gasteiger partial charge on any atom is 0.320 e. The Morgan fingerprint density at radius 2 is 1.71 bits per heavy atom. The molecular weight excluding hydrogens is 376 g/mol. The van der Waals surface area contributed by atoms with Crippen molar-refractivity contribution in [1.82, 2.24) is 29.7 Å². The Balaban J connectivity index is 1.43. The summed E-state index contributed by atoms with van der Waals surface area (Å²) in [7, 11) is 1.88. The van der Waals surface area contributed by atoms with Gasteiger partial charge >= 0.3 is 6.01 Å². The molecule has 5 rings (SSSR count). The second-order valence-corrected chi connectivity index (χ2v) is 7.00. The number of hydrogen-bond donors (Lipinski definition) is 3. The molecule has 0 fully saturated rings. The smallest absolute Gasteiger partial charge is 0.320 e. The van der Waals surface area contributed by atoms with Crippen LogP contribution in [0.5, 0.6) is 6.01 Å². The van der Waals surface area contributed by atoms with Crippen LogP contribution in [-0.2, 0) is 7.05 Å². The fourth-order valence-electron chi connectivity index (χ4n) is 2.89. The summed E-state index contributed by atoms with van der Waals surface area (Å²) in [4.78, 5) is 16.5. The van der Waals surface area contributed by atoms with Crippen LogP contribution in [0.2, 0.25) is 0 Å². The summed E-state index contributed by atoms with van der Waals surface area (Å²) in [6.07, 6.45) is 1.80. The van der Waals surface area contributed by atoms with E-state index in [9.17, 15) is 5.11 Å². The molecule has 3 aromatic heterocycles. The lowest BCUT2D eigenvalue weighted by atomic mass is 10.2. The van der Waals surface area contributed by atoms with E-state index in [1.54, 1.807) is 27.7 Å². The standard InChI is InChI=1S/C18H14N8OS/c1-26-14-6-11(3-2-10(14)8-20-26)21-16-23-17(25-18(27)24-16)22-12-4-5-13-15(7-12)28-9-19-13/h2-9H,1H3,(H3,21,22,23,24,25,27). The van der Waals surface area contributed by atoms with E-state index in [4.69, 9.17) is 0 Å². The van der Waals surface area contributed by atoms with Crippen LogP contribution in [-0.4, -0.2) is 34.8 Å². The highest BCUT2D eigenvalue weighted by Gasteiger charge is 2.09. The van der Waals surface area contributed by atoms with Crippen molar-refractivity contribution in [2.45, 2.75) is 0 Å². The van der Waals surface area contributed by atoms with Gasteiger partial charge in [-0.05, 0) is 36.4 Å². The monoisotopic (exact) mass is 390 g/mol. The van der Waals surface area contributed by atoms with E-state index in [1.807, 2.05) is 43.4 Å². The Morgan fingerprint density at radius 3 is 2.54 bits per heavy atom. The number of anilines is 4. The van der Waals surface area contributed by atoms with E-state index in [1.165, 1.54) is 0 Å². The Morgan fingerprint density at radius 1 is 0.964 bits per heavy atom. The van der Waals surface area contributed by atoms with Crippen LogP contribution in [0.3, 0.4) is 0 Å². The third kappa shape index (κ3) is 3.05. The number of aromatic nitrogens is 6. The van der Waals surface area contributed by atoms with Gasteiger partial charge in [0.1, 0.15) is 0 Å². The molecule has 0 saturated heterocycles. The summed E-state index contributed by atoms with van der Waals surface area (Å²) in [6.45, 7) is 0. The maximum atomic E-state index is 9.91. The third-order valence-electron chi connectivity index (χ3n) is 4.22. The van der Waals surface area contributed by atoms with Crippen molar-refractivity contribution in [1.29, 1.82) is 0 Å². The van der Waals surface area contributed by atoms with Gasteiger partial charge in [0.05, 0.1) is 27.4 Å². The van der Waals surface area contributed by atoms with Gasteiger partial charge < -0.3 is 15.7 Å². The lowest BCUT2D eigenvalue weighted by Crippen LogP contribution is -2.03. The van der Waals surface area contributed by atoms with Gasteiger partial charge in [-0.15, -0.1) is 11.3 Å². The number of nitrogens with one attached hydrogen (secondary N) is 2. The number of aromatic hydroxyl groups is 1. The van der Waals surface area contributed by atoms with Crippen LogP contribution in [0.4, 0.5) is 23.3 Å². The first-order valence-corrected chi connectivity index (χ1v) is 9.26. The number of rotatable bonds is 4. The Hall–Kier alpha value is -3.79. The van der Waals surface area contributed by atoms with Crippen molar-refractivity contribution in [3.05, 3.63) is 48.1 Å². The molecule has 0 aliphatic rings. The quantitative estimate of drug-likeness (QED) is 0.427. The first kappa shape index (κ1) is 16.4. The fraction of sp³-hybridized carbons (Fsp3) is 0.0556. The van der Waals surface area contributed by atoms with Crippen LogP contribution in [0.1, 0.15) is 0 Å². The molecule has 28 heavy (non-hydrogen) atoms. The van der Waals surface area contributed by atoms with E-state index < -0.39 is 0 Å². The van der Waals surface area contributed by atoms with Gasteiger partial charge in [0.15, 0.2) is 0 Å². The summed E-state index contributed by atoms with van der Waals surface area (Å²) < 4.78 is 2.83. The summed E-state index contributed by atoms with van der Waals surface area (Å²) in [5.74, 6) is 0.468. The molecule has 9 nitrogen and oxygen atoms in total. The minimum absolute atomic E-state index is 0.232. The molecule has 0 atom stereocenters. The van der Waals surface area contributed by atoms with E-state index >= 15 is 0 Å². The number of fused-ring (bicyclic) bond motifs is 2. The van der Waals surface area contributed by atoms with Crippen molar-refractivity contribution < 1.29 is 5.11 Å². The molecule has 3 heterocycles. The zero-order chi connectivity index (χ0) is 19.1. The normalized spacial score (nSPS) is 11.2. The molecular formula is C18H14N8OS. The van der Waals surface area contributed by atoms with Crippen molar-refractivity contribution in [3.63, 3.8) is 0 Å². The van der Waals surface area contributed by atoms with E-state index in [0.717, 1.165) is 32.5 Å². The lowest BCUT2D eigenvalue weighted by Gasteiger charge is -2.09. The van der Waals surface area contributed by atoms with Gasteiger partial charge in [-0.1, -0.05) is 0 Å². The van der Waals surface area contributed by atoms with Crippen LogP contribution in [0.25, 0.3) is 21.1 Å². The van der Waals surface area contributed by atoms with Gasteiger partial charge in [0.2, 0.25) is 11.9 Å². The molecule has 0 bridgehead atoms. The molecule has 2 aromatic carbocycles. The van der Waals surface area contributed by atoms with Crippen LogP contribution < -0.4 is 10.6 Å². The number of thiazole rings is 1. The predicted molar refractivity (Wildman–Crippen MR) is 108 cm³/mol. The fourth-order valence-corrected chi connectivity index (χ4v) is 3.61. The van der Waals surface area contributed by atoms with Gasteiger partial charge in [-0.2, -0.15) is 20.1 Å². The molecule has 138 valence electrons. The third-order valence-corrected chi connectivity index (χ3v) is 5.01. The largest absolute Gasteiger partial charge is 0.479 e. The SMILES string of the molecule is Cn1ncc2ccc(Nc3nc(O)nc(Nc4ccc5ncsc5c4)n3)cc21. The summed E-state index contributed by atoms with van der Waals surface area (Å²) >= 11 is 1.55. The predicted octanol–water partition coefficient (Wildman–Crippen LogP) is 3.56. The Labute approximate surface area is 162 Å². The second kappa shape index (κ2) is 6.43.